The molecule has 2 aromatic rings. The summed E-state index contributed by atoms with van der Waals surface area (Å²) < 4.78 is 7.14. The van der Waals surface area contributed by atoms with E-state index in [1.807, 2.05) is 0 Å². The van der Waals surface area contributed by atoms with Crippen molar-refractivity contribution in [2.24, 2.45) is 0 Å². The van der Waals surface area contributed by atoms with Crippen LogP contribution >= 0.6 is 12.4 Å². The smallest absolute Gasteiger partial charge is 0.120 e. The molecule has 0 fully saturated rings. The van der Waals surface area contributed by atoms with E-state index in [0.717, 1.165) is 32.2 Å². The molecule has 0 saturated heterocycles. The Morgan fingerprint density at radius 2 is 1.41 bits per heavy atom. The number of ether oxygens (including phenoxy) is 1. The fourth-order valence-electron chi connectivity index (χ4n) is 4.64. The molecular weight excluding hydrogens is 354 g/mol. The molecule has 27 heavy (non-hydrogen) atoms. The molecule has 0 amide bonds. The van der Waals surface area contributed by atoms with Gasteiger partial charge in [-0.05, 0) is 75.5 Å². The lowest BCUT2D eigenvalue weighted by atomic mass is 9.78. The average molecular weight is 388 g/mol. The summed E-state index contributed by atoms with van der Waals surface area (Å²) in [6, 6.07) is 17.7. The predicted octanol–water partition coefficient (Wildman–Crippen LogP) is 6.05. The Hall–Kier alpha value is -1.35. The molecule has 0 aromatic heterocycles. The van der Waals surface area contributed by atoms with Gasteiger partial charge in [-0.1, -0.05) is 62.4 Å². The van der Waals surface area contributed by atoms with Gasteiger partial charge in [0.15, 0.2) is 0 Å². The van der Waals surface area contributed by atoms with Crippen LogP contribution in [0.3, 0.4) is 0 Å². The molecule has 0 bridgehead atoms. The van der Waals surface area contributed by atoms with E-state index in [9.17, 15) is 0 Å². The van der Waals surface area contributed by atoms with Gasteiger partial charge in [0.05, 0.1) is 5.60 Å². The van der Waals surface area contributed by atoms with Crippen molar-refractivity contribution in [2.45, 2.75) is 57.7 Å². The largest absolute Gasteiger partial charge is 0.354 e. The first-order valence-electron chi connectivity index (χ1n) is 10.00. The van der Waals surface area contributed by atoms with Gasteiger partial charge in [0.2, 0.25) is 0 Å². The van der Waals surface area contributed by atoms with E-state index in [2.05, 4.69) is 88.3 Å². The Morgan fingerprint density at radius 1 is 0.852 bits per heavy atom. The topological polar surface area (TPSA) is 12.5 Å². The van der Waals surface area contributed by atoms with Crippen molar-refractivity contribution in [3.8, 4) is 0 Å². The second-order valence-electron chi connectivity index (χ2n) is 7.90. The third kappa shape index (κ3) is 3.81. The van der Waals surface area contributed by atoms with Gasteiger partial charge in [0.25, 0.3) is 0 Å². The SMILES string of the molecule is CCC1(CC)OC(CCCN(C)C)(c2ccccc2C)c2ccccc21.Cl. The summed E-state index contributed by atoms with van der Waals surface area (Å²) in [4.78, 5) is 2.26. The minimum atomic E-state index is -0.343. The van der Waals surface area contributed by atoms with E-state index in [1.54, 1.807) is 0 Å². The average Bonchev–Trinajstić information content (AvgIpc) is 2.94. The third-order valence-corrected chi connectivity index (χ3v) is 6.08. The molecule has 2 nitrogen and oxygen atoms in total. The predicted molar refractivity (Wildman–Crippen MR) is 117 cm³/mol. The maximum Gasteiger partial charge on any atom is 0.120 e. The van der Waals surface area contributed by atoms with Crippen molar-refractivity contribution in [1.29, 1.82) is 0 Å². The van der Waals surface area contributed by atoms with Crippen molar-refractivity contribution in [1.82, 2.24) is 4.90 Å². The summed E-state index contributed by atoms with van der Waals surface area (Å²) in [5.74, 6) is 0. The van der Waals surface area contributed by atoms with Gasteiger partial charge in [-0.3, -0.25) is 0 Å². The van der Waals surface area contributed by atoms with Crippen LogP contribution < -0.4 is 0 Å². The van der Waals surface area contributed by atoms with Gasteiger partial charge in [-0.15, -0.1) is 12.4 Å². The van der Waals surface area contributed by atoms with Gasteiger partial charge in [0, 0.05) is 0 Å². The van der Waals surface area contributed by atoms with Gasteiger partial charge < -0.3 is 9.64 Å². The summed E-state index contributed by atoms with van der Waals surface area (Å²) >= 11 is 0. The summed E-state index contributed by atoms with van der Waals surface area (Å²) in [5.41, 5.74) is 4.88. The van der Waals surface area contributed by atoms with Gasteiger partial charge in [-0.2, -0.15) is 0 Å². The van der Waals surface area contributed by atoms with Crippen molar-refractivity contribution < 1.29 is 4.74 Å². The van der Waals surface area contributed by atoms with Gasteiger partial charge in [-0.25, -0.2) is 0 Å². The van der Waals surface area contributed by atoms with Crippen LogP contribution in [0.25, 0.3) is 0 Å². The number of benzene rings is 2. The molecule has 0 spiro atoms. The van der Waals surface area contributed by atoms with E-state index in [-0.39, 0.29) is 23.6 Å². The van der Waals surface area contributed by atoms with Gasteiger partial charge >= 0.3 is 0 Å². The highest BCUT2D eigenvalue weighted by Crippen LogP contribution is 2.55. The number of nitrogens with zero attached hydrogens (tertiary/aromatic N) is 1. The van der Waals surface area contributed by atoms with Crippen molar-refractivity contribution >= 4 is 12.4 Å². The second-order valence-corrected chi connectivity index (χ2v) is 7.90. The Balaban J connectivity index is 0.00000261. The highest BCUT2D eigenvalue weighted by atomic mass is 35.5. The number of rotatable bonds is 7. The van der Waals surface area contributed by atoms with Crippen LogP contribution in [0, 0.1) is 6.92 Å². The summed E-state index contributed by atoms with van der Waals surface area (Å²) in [5, 5.41) is 0. The van der Waals surface area contributed by atoms with Crippen molar-refractivity contribution in [3.63, 3.8) is 0 Å². The standard InChI is InChI=1S/C24H33NO.ClH/c1-6-23(7-2)21-15-10-11-16-22(21)24(26-23,17-12-18-25(4)5)20-14-9-8-13-19(20)3;/h8-11,13-16H,6-7,12,17-18H2,1-5H3;1H. The zero-order chi connectivity index (χ0) is 18.8. The van der Waals surface area contributed by atoms with Crippen LogP contribution in [0.2, 0.25) is 0 Å². The van der Waals surface area contributed by atoms with Crippen LogP contribution in [0.15, 0.2) is 48.5 Å². The van der Waals surface area contributed by atoms with E-state index < -0.39 is 0 Å². The number of hydrogen-bond acceptors (Lipinski definition) is 2. The number of hydrogen-bond donors (Lipinski definition) is 0. The normalized spacial score (nSPS) is 20.4. The first-order valence-corrected chi connectivity index (χ1v) is 10.00. The molecule has 2 aromatic carbocycles. The lowest BCUT2D eigenvalue weighted by Crippen LogP contribution is -2.34. The molecule has 1 heterocycles. The maximum atomic E-state index is 7.14. The zero-order valence-corrected chi connectivity index (χ0v) is 18.2. The number of fused-ring (bicyclic) bond motifs is 1. The van der Waals surface area contributed by atoms with Crippen LogP contribution in [0.1, 0.15) is 61.8 Å². The molecule has 0 aliphatic carbocycles. The minimum Gasteiger partial charge on any atom is -0.354 e. The third-order valence-electron chi connectivity index (χ3n) is 6.08. The number of halogens is 1. The Kier molecular flexibility index (Phi) is 7.13. The monoisotopic (exact) mass is 387 g/mol. The van der Waals surface area contributed by atoms with Crippen LogP contribution in [-0.2, 0) is 15.9 Å². The molecule has 148 valence electrons. The molecule has 0 saturated carbocycles. The van der Waals surface area contributed by atoms with E-state index in [4.69, 9.17) is 4.74 Å². The lowest BCUT2D eigenvalue weighted by Gasteiger charge is -2.37. The Labute approximate surface area is 171 Å². The summed E-state index contributed by atoms with van der Waals surface area (Å²) in [6.07, 6.45) is 4.12. The molecule has 1 atom stereocenters. The fourth-order valence-corrected chi connectivity index (χ4v) is 4.64. The molecule has 0 radical (unpaired) electrons. The number of aryl methyl sites for hydroxylation is 1. The quantitative estimate of drug-likeness (QED) is 0.573. The molecule has 3 rings (SSSR count). The van der Waals surface area contributed by atoms with Crippen molar-refractivity contribution in [2.75, 3.05) is 20.6 Å². The van der Waals surface area contributed by atoms with E-state index in [0.29, 0.717) is 0 Å². The Bertz CT molecular complexity index is 754. The maximum absolute atomic E-state index is 7.14. The van der Waals surface area contributed by atoms with E-state index >= 15 is 0 Å². The first kappa shape index (κ1) is 21.9. The lowest BCUT2D eigenvalue weighted by molar-refractivity contribution is -0.131. The van der Waals surface area contributed by atoms with Crippen LogP contribution in [-0.4, -0.2) is 25.5 Å². The molecule has 1 aliphatic rings. The zero-order valence-electron chi connectivity index (χ0n) is 17.4. The highest BCUT2D eigenvalue weighted by molar-refractivity contribution is 5.85. The minimum absolute atomic E-state index is 0. The van der Waals surface area contributed by atoms with Crippen LogP contribution in [0.4, 0.5) is 0 Å². The molecule has 1 aliphatic heterocycles. The van der Waals surface area contributed by atoms with Crippen LogP contribution in [0.5, 0.6) is 0 Å². The molecular formula is C24H34ClNO. The van der Waals surface area contributed by atoms with Gasteiger partial charge in [0.1, 0.15) is 5.60 Å². The molecule has 1 unspecified atom stereocenters. The molecule has 3 heteroatoms. The highest BCUT2D eigenvalue weighted by Gasteiger charge is 2.52. The summed E-state index contributed by atoms with van der Waals surface area (Å²) in [7, 11) is 4.29. The first-order chi connectivity index (χ1) is 12.5. The van der Waals surface area contributed by atoms with Crippen molar-refractivity contribution in [3.05, 3.63) is 70.8 Å². The molecule has 0 N–H and O–H groups in total. The fraction of sp³-hybridized carbons (Fsp3) is 0.500. The van der Waals surface area contributed by atoms with E-state index in [1.165, 1.54) is 22.3 Å². The summed E-state index contributed by atoms with van der Waals surface area (Å²) in [6.45, 7) is 7.80. The Morgan fingerprint density at radius 3 is 1.96 bits per heavy atom. The second kappa shape index (κ2) is 8.77.